The number of carbonyl (C=O) groups excluding carboxylic acids is 1. The number of rotatable bonds is 6. The molecule has 1 N–H and O–H groups in total. The predicted octanol–water partition coefficient (Wildman–Crippen LogP) is 4.70. The predicted molar refractivity (Wildman–Crippen MR) is 125 cm³/mol. The van der Waals surface area contributed by atoms with Crippen molar-refractivity contribution in [1.29, 1.82) is 0 Å². The zero-order valence-electron chi connectivity index (χ0n) is 17.8. The van der Waals surface area contributed by atoms with Crippen molar-refractivity contribution in [2.24, 2.45) is 0 Å². The van der Waals surface area contributed by atoms with E-state index in [-0.39, 0.29) is 17.6 Å². The number of nitrogens with zero attached hydrogens (tertiary/aromatic N) is 1. The highest BCUT2D eigenvalue weighted by Gasteiger charge is 2.11. The number of benzene rings is 3. The van der Waals surface area contributed by atoms with Gasteiger partial charge in [-0.1, -0.05) is 18.2 Å². The van der Waals surface area contributed by atoms with Crippen molar-refractivity contribution in [3.63, 3.8) is 0 Å². The molecule has 0 aliphatic heterocycles. The van der Waals surface area contributed by atoms with E-state index in [0.717, 1.165) is 33.8 Å². The van der Waals surface area contributed by atoms with Crippen molar-refractivity contribution in [2.45, 2.75) is 6.42 Å². The van der Waals surface area contributed by atoms with Crippen molar-refractivity contribution in [2.75, 3.05) is 26.1 Å². The molecule has 3 aromatic carbocycles. The second-order valence-electron chi connectivity index (χ2n) is 7.70. The Morgan fingerprint density at radius 1 is 0.968 bits per heavy atom. The van der Waals surface area contributed by atoms with E-state index < -0.39 is 0 Å². The normalized spacial score (nSPS) is 10.8. The minimum Gasteiger partial charge on any atom is -0.497 e. The molecule has 0 aliphatic rings. The maximum atomic E-state index is 12.8. The molecular formula is C26H24N2O3. The Balaban J connectivity index is 1.61. The largest absolute Gasteiger partial charge is 0.497 e. The molecule has 4 aromatic rings. The average Bonchev–Trinajstić information content (AvgIpc) is 2.79. The standard InChI is InChI=1S/C26H24N2O3/c1-28(2)20-10-8-18(9-11-20)25(29)14-17-7-12-23-22(13-17)26(30)16-24(27-23)19-5-4-6-21(15-19)31-3/h4-13,15-16H,14H2,1-3H3,(H,27,30). The van der Waals surface area contributed by atoms with Crippen LogP contribution in [0.4, 0.5) is 5.69 Å². The van der Waals surface area contributed by atoms with Crippen molar-refractivity contribution >= 4 is 22.4 Å². The van der Waals surface area contributed by atoms with E-state index in [9.17, 15) is 9.59 Å². The van der Waals surface area contributed by atoms with Gasteiger partial charge in [0.2, 0.25) is 0 Å². The highest BCUT2D eigenvalue weighted by molar-refractivity contribution is 5.98. The van der Waals surface area contributed by atoms with Crippen LogP contribution >= 0.6 is 0 Å². The average molecular weight is 412 g/mol. The van der Waals surface area contributed by atoms with E-state index in [4.69, 9.17) is 4.74 Å². The van der Waals surface area contributed by atoms with Gasteiger partial charge in [0.25, 0.3) is 0 Å². The van der Waals surface area contributed by atoms with Crippen LogP contribution in [0.5, 0.6) is 5.75 Å². The van der Waals surface area contributed by atoms with Gasteiger partial charge in [-0.2, -0.15) is 0 Å². The Kier molecular flexibility index (Phi) is 5.58. The summed E-state index contributed by atoms with van der Waals surface area (Å²) in [6, 6.07) is 22.2. The van der Waals surface area contributed by atoms with E-state index >= 15 is 0 Å². The molecule has 0 bridgehead atoms. The van der Waals surface area contributed by atoms with Gasteiger partial charge in [0.15, 0.2) is 11.2 Å². The molecule has 0 saturated heterocycles. The third kappa shape index (κ3) is 4.36. The van der Waals surface area contributed by atoms with Gasteiger partial charge in [-0.25, -0.2) is 0 Å². The van der Waals surface area contributed by atoms with E-state index in [1.165, 1.54) is 0 Å². The van der Waals surface area contributed by atoms with Crippen LogP contribution in [0.3, 0.4) is 0 Å². The highest BCUT2D eigenvalue weighted by atomic mass is 16.5. The Labute approximate surface area is 180 Å². The van der Waals surface area contributed by atoms with Crippen LogP contribution in [-0.4, -0.2) is 32.0 Å². The van der Waals surface area contributed by atoms with Crippen molar-refractivity contribution in [1.82, 2.24) is 4.98 Å². The Morgan fingerprint density at radius 2 is 1.74 bits per heavy atom. The van der Waals surface area contributed by atoms with E-state index in [1.807, 2.05) is 79.7 Å². The second kappa shape index (κ2) is 8.48. The lowest BCUT2D eigenvalue weighted by molar-refractivity contribution is 0.0993. The summed E-state index contributed by atoms with van der Waals surface area (Å²) in [4.78, 5) is 30.8. The summed E-state index contributed by atoms with van der Waals surface area (Å²) in [5.41, 5.74) is 4.76. The first-order valence-corrected chi connectivity index (χ1v) is 10.1. The van der Waals surface area contributed by atoms with Crippen LogP contribution in [0.2, 0.25) is 0 Å². The monoisotopic (exact) mass is 412 g/mol. The maximum Gasteiger partial charge on any atom is 0.190 e. The molecule has 5 heteroatoms. The number of hydrogen-bond donors (Lipinski definition) is 1. The summed E-state index contributed by atoms with van der Waals surface area (Å²) >= 11 is 0. The van der Waals surface area contributed by atoms with Gasteiger partial charge >= 0.3 is 0 Å². The quantitative estimate of drug-likeness (QED) is 0.467. The van der Waals surface area contributed by atoms with Crippen molar-refractivity contribution in [3.05, 3.63) is 94.1 Å². The molecule has 0 unspecified atom stereocenters. The highest BCUT2D eigenvalue weighted by Crippen LogP contribution is 2.23. The summed E-state index contributed by atoms with van der Waals surface area (Å²) in [5, 5.41) is 0.569. The number of aromatic nitrogens is 1. The zero-order valence-corrected chi connectivity index (χ0v) is 17.8. The lowest BCUT2D eigenvalue weighted by Crippen LogP contribution is -2.09. The smallest absolute Gasteiger partial charge is 0.190 e. The van der Waals surface area contributed by atoms with Crippen molar-refractivity contribution < 1.29 is 9.53 Å². The molecule has 5 nitrogen and oxygen atoms in total. The fourth-order valence-electron chi connectivity index (χ4n) is 3.58. The number of methoxy groups -OCH3 is 1. The van der Waals surface area contributed by atoms with Gasteiger partial charge in [0.05, 0.1) is 7.11 Å². The summed E-state index contributed by atoms with van der Waals surface area (Å²) in [7, 11) is 5.54. The molecule has 1 heterocycles. The molecular weight excluding hydrogens is 388 g/mol. The first-order chi connectivity index (χ1) is 14.9. The van der Waals surface area contributed by atoms with Crippen LogP contribution in [-0.2, 0) is 6.42 Å². The van der Waals surface area contributed by atoms with Crippen LogP contribution < -0.4 is 15.1 Å². The third-order valence-corrected chi connectivity index (χ3v) is 5.35. The molecule has 0 aliphatic carbocycles. The Hall–Kier alpha value is -3.86. The summed E-state index contributed by atoms with van der Waals surface area (Å²) in [6.07, 6.45) is 0.244. The summed E-state index contributed by atoms with van der Waals surface area (Å²) in [6.45, 7) is 0. The number of anilines is 1. The van der Waals surface area contributed by atoms with Crippen LogP contribution in [0.25, 0.3) is 22.2 Å². The number of aromatic amines is 1. The Morgan fingerprint density at radius 3 is 2.45 bits per heavy atom. The van der Waals surface area contributed by atoms with Crippen LogP contribution in [0, 0.1) is 0 Å². The number of pyridine rings is 1. The molecule has 1 aromatic heterocycles. The number of ether oxygens (including phenoxy) is 1. The lowest BCUT2D eigenvalue weighted by Gasteiger charge is -2.12. The summed E-state index contributed by atoms with van der Waals surface area (Å²) in [5.74, 6) is 0.750. The third-order valence-electron chi connectivity index (χ3n) is 5.35. The van der Waals surface area contributed by atoms with Gasteiger partial charge in [0, 0.05) is 60.0 Å². The van der Waals surface area contributed by atoms with Gasteiger partial charge in [0.1, 0.15) is 5.75 Å². The molecule has 0 radical (unpaired) electrons. The molecule has 0 saturated carbocycles. The fourth-order valence-corrected chi connectivity index (χ4v) is 3.58. The number of Topliss-reactive ketones (excluding diaryl/α,β-unsaturated/α-hetero) is 1. The molecule has 0 amide bonds. The SMILES string of the molecule is COc1cccc(-c2cc(=O)c3cc(CC(=O)c4ccc(N(C)C)cc4)ccc3[nH]2)c1. The number of ketones is 1. The lowest BCUT2D eigenvalue weighted by atomic mass is 10.0. The topological polar surface area (TPSA) is 62.4 Å². The molecule has 0 spiro atoms. The van der Waals surface area contributed by atoms with E-state index in [1.54, 1.807) is 19.2 Å². The van der Waals surface area contributed by atoms with Gasteiger partial charge in [-0.3, -0.25) is 9.59 Å². The van der Waals surface area contributed by atoms with Crippen LogP contribution in [0.1, 0.15) is 15.9 Å². The molecule has 0 atom stereocenters. The maximum absolute atomic E-state index is 12.8. The number of carbonyl (C=O) groups is 1. The fraction of sp³-hybridized carbons (Fsp3) is 0.154. The van der Waals surface area contributed by atoms with E-state index in [2.05, 4.69) is 4.98 Å². The van der Waals surface area contributed by atoms with E-state index in [0.29, 0.717) is 10.9 Å². The number of H-pyrrole nitrogens is 1. The zero-order chi connectivity index (χ0) is 22.0. The van der Waals surface area contributed by atoms with Crippen LogP contribution in [0.15, 0.2) is 77.6 Å². The number of nitrogens with one attached hydrogen (secondary N) is 1. The minimum absolute atomic E-state index is 0.0223. The van der Waals surface area contributed by atoms with Crippen molar-refractivity contribution in [3.8, 4) is 17.0 Å². The minimum atomic E-state index is -0.0868. The number of hydrogen-bond acceptors (Lipinski definition) is 4. The summed E-state index contributed by atoms with van der Waals surface area (Å²) < 4.78 is 5.28. The Bertz CT molecular complexity index is 1300. The molecule has 31 heavy (non-hydrogen) atoms. The molecule has 4 rings (SSSR count). The van der Waals surface area contributed by atoms with Gasteiger partial charge in [-0.15, -0.1) is 0 Å². The number of fused-ring (bicyclic) bond motifs is 1. The molecule has 0 fully saturated rings. The van der Waals surface area contributed by atoms with Gasteiger partial charge < -0.3 is 14.6 Å². The first-order valence-electron chi connectivity index (χ1n) is 10.1. The first kappa shape index (κ1) is 20.4. The second-order valence-corrected chi connectivity index (χ2v) is 7.70. The molecule has 156 valence electrons. The van der Waals surface area contributed by atoms with Gasteiger partial charge in [-0.05, 0) is 54.1 Å².